The van der Waals surface area contributed by atoms with E-state index in [4.69, 9.17) is 23.2 Å². The third-order valence-corrected chi connectivity index (χ3v) is 4.62. The van der Waals surface area contributed by atoms with Crippen molar-refractivity contribution in [3.8, 4) is 0 Å². The van der Waals surface area contributed by atoms with Crippen molar-refractivity contribution in [3.63, 3.8) is 0 Å². The molecule has 0 radical (unpaired) electrons. The molecule has 0 fully saturated rings. The van der Waals surface area contributed by atoms with E-state index in [2.05, 4.69) is 65.6 Å². The van der Waals surface area contributed by atoms with E-state index in [-0.39, 0.29) is 0 Å². The molecule has 3 rings (SSSR count). The van der Waals surface area contributed by atoms with Crippen LogP contribution in [0.2, 0.25) is 10.0 Å². The van der Waals surface area contributed by atoms with Gasteiger partial charge in [0.05, 0.1) is 0 Å². The fraction of sp³-hybridized carbons (Fsp3) is 0.130. The molecule has 1 nitrogen and oxygen atoms in total. The highest BCUT2D eigenvalue weighted by molar-refractivity contribution is 6.30. The van der Waals surface area contributed by atoms with Gasteiger partial charge >= 0.3 is 0 Å². The Labute approximate surface area is 165 Å². The van der Waals surface area contributed by atoms with Gasteiger partial charge in [0.25, 0.3) is 0 Å². The molecule has 0 unspecified atom stereocenters. The van der Waals surface area contributed by atoms with Crippen LogP contribution in [-0.2, 0) is 13.1 Å². The van der Waals surface area contributed by atoms with Crippen LogP contribution < -0.4 is 0 Å². The molecule has 0 aliphatic rings. The van der Waals surface area contributed by atoms with Gasteiger partial charge in [0.15, 0.2) is 0 Å². The largest absolute Gasteiger partial charge is 0.291 e. The third kappa shape index (κ3) is 6.03. The lowest BCUT2D eigenvalue weighted by Crippen LogP contribution is -2.22. The van der Waals surface area contributed by atoms with Crippen molar-refractivity contribution in [1.29, 1.82) is 0 Å². The van der Waals surface area contributed by atoms with Crippen LogP contribution in [0, 0.1) is 0 Å². The van der Waals surface area contributed by atoms with E-state index in [9.17, 15) is 0 Å². The second-order valence-electron chi connectivity index (χ2n) is 6.24. The van der Waals surface area contributed by atoms with E-state index < -0.39 is 0 Å². The number of nitrogens with zero attached hydrogens (tertiary/aromatic N) is 1. The zero-order valence-corrected chi connectivity index (χ0v) is 16.0. The van der Waals surface area contributed by atoms with Crippen LogP contribution >= 0.6 is 23.2 Å². The lowest BCUT2D eigenvalue weighted by molar-refractivity contribution is 0.286. The quantitative estimate of drug-likeness (QED) is 0.439. The molecule has 3 heteroatoms. The highest BCUT2D eigenvalue weighted by Gasteiger charge is 2.06. The molecule has 0 aromatic heterocycles. The van der Waals surface area contributed by atoms with E-state index in [1.165, 1.54) is 16.7 Å². The number of hydrogen-bond donors (Lipinski definition) is 0. The summed E-state index contributed by atoms with van der Waals surface area (Å²) in [7, 11) is 0. The van der Waals surface area contributed by atoms with Crippen molar-refractivity contribution in [1.82, 2.24) is 4.90 Å². The predicted octanol–water partition coefficient (Wildman–Crippen LogP) is 6.71. The minimum Gasteiger partial charge on any atom is -0.291 e. The molecule has 0 amide bonds. The van der Waals surface area contributed by atoms with E-state index >= 15 is 0 Å². The summed E-state index contributed by atoms with van der Waals surface area (Å²) in [4.78, 5) is 2.39. The molecule has 132 valence electrons. The van der Waals surface area contributed by atoms with Gasteiger partial charge in [-0.25, -0.2) is 0 Å². The number of halogens is 2. The molecule has 0 N–H and O–H groups in total. The van der Waals surface area contributed by atoms with Crippen LogP contribution in [0.1, 0.15) is 16.7 Å². The molecular weight excluding hydrogens is 361 g/mol. The second-order valence-corrected chi connectivity index (χ2v) is 7.11. The first-order valence-electron chi connectivity index (χ1n) is 8.62. The maximum Gasteiger partial charge on any atom is 0.0406 e. The van der Waals surface area contributed by atoms with Gasteiger partial charge in [-0.2, -0.15) is 0 Å². The molecule has 0 saturated carbocycles. The first-order chi connectivity index (χ1) is 12.7. The minimum atomic E-state index is 0.766. The maximum absolute atomic E-state index is 6.01. The fourth-order valence-corrected chi connectivity index (χ4v) is 3.04. The predicted molar refractivity (Wildman–Crippen MR) is 112 cm³/mol. The maximum atomic E-state index is 6.01. The van der Waals surface area contributed by atoms with Crippen LogP contribution in [0.5, 0.6) is 0 Å². The Morgan fingerprint density at radius 1 is 0.654 bits per heavy atom. The van der Waals surface area contributed by atoms with E-state index in [1.807, 2.05) is 30.3 Å². The summed E-state index contributed by atoms with van der Waals surface area (Å²) in [5.41, 5.74) is 3.71. The average molecular weight is 382 g/mol. The van der Waals surface area contributed by atoms with E-state index in [1.54, 1.807) is 0 Å². The zero-order valence-electron chi connectivity index (χ0n) is 14.5. The molecular formula is C23H21Cl2N. The van der Waals surface area contributed by atoms with Gasteiger partial charge in [0, 0.05) is 29.7 Å². The van der Waals surface area contributed by atoms with E-state index in [0.717, 1.165) is 29.7 Å². The zero-order chi connectivity index (χ0) is 18.2. The van der Waals surface area contributed by atoms with Gasteiger partial charge in [-0.15, -0.1) is 0 Å². The van der Waals surface area contributed by atoms with Crippen molar-refractivity contribution in [2.24, 2.45) is 0 Å². The average Bonchev–Trinajstić information content (AvgIpc) is 2.66. The number of hydrogen-bond acceptors (Lipinski definition) is 1. The normalized spacial score (nSPS) is 11.3. The Bertz CT molecular complexity index is 777. The molecule has 0 spiro atoms. The van der Waals surface area contributed by atoms with Gasteiger partial charge in [-0.3, -0.25) is 4.90 Å². The SMILES string of the molecule is Clc1ccc(CN(C/C=C/c2ccccc2)Cc2ccc(Cl)cc2)cc1. The molecule has 0 aliphatic carbocycles. The van der Waals surface area contributed by atoms with Crippen LogP contribution in [0.15, 0.2) is 84.9 Å². The number of benzene rings is 3. The van der Waals surface area contributed by atoms with Crippen LogP contribution in [0.3, 0.4) is 0 Å². The van der Waals surface area contributed by atoms with Crippen molar-refractivity contribution in [2.45, 2.75) is 13.1 Å². The smallest absolute Gasteiger partial charge is 0.0406 e. The van der Waals surface area contributed by atoms with Crippen molar-refractivity contribution < 1.29 is 0 Å². The summed E-state index contributed by atoms with van der Waals surface area (Å²) in [6, 6.07) is 26.5. The Kier molecular flexibility index (Phi) is 6.90. The Balaban J connectivity index is 1.70. The van der Waals surface area contributed by atoms with Crippen LogP contribution in [-0.4, -0.2) is 11.4 Å². The van der Waals surface area contributed by atoms with Gasteiger partial charge in [-0.05, 0) is 41.0 Å². The van der Waals surface area contributed by atoms with Gasteiger partial charge < -0.3 is 0 Å². The lowest BCUT2D eigenvalue weighted by Gasteiger charge is -2.21. The molecule has 0 atom stereocenters. The molecule has 26 heavy (non-hydrogen) atoms. The highest BCUT2D eigenvalue weighted by Crippen LogP contribution is 2.16. The fourth-order valence-electron chi connectivity index (χ4n) is 2.78. The van der Waals surface area contributed by atoms with Crippen molar-refractivity contribution in [3.05, 3.63) is 112 Å². The van der Waals surface area contributed by atoms with E-state index in [0.29, 0.717) is 0 Å². The van der Waals surface area contributed by atoms with Crippen LogP contribution in [0.25, 0.3) is 6.08 Å². The molecule has 0 saturated heterocycles. The molecule has 3 aromatic rings. The van der Waals surface area contributed by atoms with Crippen molar-refractivity contribution in [2.75, 3.05) is 6.54 Å². The lowest BCUT2D eigenvalue weighted by atomic mass is 10.1. The molecule has 3 aromatic carbocycles. The summed E-state index contributed by atoms with van der Waals surface area (Å²) in [5, 5.41) is 1.53. The molecule has 0 aliphatic heterocycles. The van der Waals surface area contributed by atoms with Gasteiger partial charge in [0.1, 0.15) is 0 Å². The first-order valence-corrected chi connectivity index (χ1v) is 9.37. The van der Waals surface area contributed by atoms with Gasteiger partial charge in [0.2, 0.25) is 0 Å². The minimum absolute atomic E-state index is 0.766. The van der Waals surface area contributed by atoms with Gasteiger partial charge in [-0.1, -0.05) is 90.0 Å². The Hall–Kier alpha value is -2.06. The summed E-state index contributed by atoms with van der Waals surface area (Å²) in [6.07, 6.45) is 4.37. The Morgan fingerprint density at radius 3 is 1.65 bits per heavy atom. The second kappa shape index (κ2) is 9.59. The first kappa shape index (κ1) is 18.7. The summed E-state index contributed by atoms with van der Waals surface area (Å²) < 4.78 is 0. The topological polar surface area (TPSA) is 3.24 Å². The molecule has 0 bridgehead atoms. The number of rotatable bonds is 7. The summed E-state index contributed by atoms with van der Waals surface area (Å²) >= 11 is 12.0. The standard InChI is InChI=1S/C23H21Cl2N/c24-22-12-8-20(9-13-22)17-26(18-21-10-14-23(25)15-11-21)16-4-7-19-5-2-1-3-6-19/h1-15H,16-18H2/b7-4+. The highest BCUT2D eigenvalue weighted by atomic mass is 35.5. The van der Waals surface area contributed by atoms with Crippen LogP contribution in [0.4, 0.5) is 0 Å². The monoisotopic (exact) mass is 381 g/mol. The third-order valence-electron chi connectivity index (χ3n) is 4.11. The van der Waals surface area contributed by atoms with Crippen molar-refractivity contribution >= 4 is 29.3 Å². The molecule has 0 heterocycles. The summed E-state index contributed by atoms with van der Waals surface area (Å²) in [5.74, 6) is 0. The summed E-state index contributed by atoms with van der Waals surface area (Å²) in [6.45, 7) is 2.58. The Morgan fingerprint density at radius 2 is 1.15 bits per heavy atom.